The molecule has 0 spiro atoms. The maximum Gasteiger partial charge on any atom is 0.261 e. The number of hydrazone groups is 1. The summed E-state index contributed by atoms with van der Waals surface area (Å²) in [7, 11) is 0. The lowest BCUT2D eigenvalue weighted by molar-refractivity contribution is -0.132. The van der Waals surface area contributed by atoms with Crippen molar-refractivity contribution in [2.24, 2.45) is 11.0 Å². The molecule has 7 nitrogen and oxygen atoms in total. The number of fused-ring (bicyclic) bond motifs is 1. The van der Waals surface area contributed by atoms with Gasteiger partial charge in [-0.05, 0) is 68.2 Å². The van der Waals surface area contributed by atoms with E-state index in [2.05, 4.69) is 15.4 Å². The van der Waals surface area contributed by atoms with Crippen LogP contribution in [0.3, 0.4) is 0 Å². The van der Waals surface area contributed by atoms with Gasteiger partial charge >= 0.3 is 0 Å². The number of hydrogen-bond donors (Lipinski definition) is 2. The smallest absolute Gasteiger partial charge is 0.261 e. The molecular weight excluding hydrogens is 416 g/mol. The van der Waals surface area contributed by atoms with Crippen LogP contribution in [0.1, 0.15) is 71.8 Å². The number of aryl methyl sites for hydroxylation is 3. The van der Waals surface area contributed by atoms with Crippen molar-refractivity contribution >= 4 is 17.5 Å². The first-order valence-corrected chi connectivity index (χ1v) is 11.9. The minimum absolute atomic E-state index is 0.0350. The number of hydrogen-bond acceptors (Lipinski definition) is 4. The summed E-state index contributed by atoms with van der Waals surface area (Å²) in [5, 5.41) is 8.95. The van der Waals surface area contributed by atoms with Gasteiger partial charge in [0.15, 0.2) is 0 Å². The van der Waals surface area contributed by atoms with E-state index in [0.29, 0.717) is 25.9 Å². The Bertz CT molecular complexity index is 1130. The van der Waals surface area contributed by atoms with E-state index in [9.17, 15) is 14.4 Å². The average molecular weight is 449 g/mol. The highest BCUT2D eigenvalue weighted by molar-refractivity contribution is 6.07. The van der Waals surface area contributed by atoms with Crippen LogP contribution in [-0.4, -0.2) is 34.1 Å². The topological polar surface area (TPSA) is 94.6 Å². The summed E-state index contributed by atoms with van der Waals surface area (Å²) in [6, 6.07) is 9.72. The molecule has 7 heteroatoms. The van der Waals surface area contributed by atoms with Gasteiger partial charge in [0.1, 0.15) is 5.56 Å². The Labute approximate surface area is 194 Å². The fraction of sp³-hybridized carbons (Fsp3) is 0.462. The normalized spacial score (nSPS) is 18.0. The molecule has 0 bridgehead atoms. The second-order valence-corrected chi connectivity index (χ2v) is 8.94. The van der Waals surface area contributed by atoms with Crippen LogP contribution in [-0.2, 0) is 24.2 Å². The van der Waals surface area contributed by atoms with Gasteiger partial charge in [-0.2, -0.15) is 5.10 Å². The zero-order valence-corrected chi connectivity index (χ0v) is 19.4. The predicted octanol–water partition coefficient (Wildman–Crippen LogP) is 3.50. The lowest BCUT2D eigenvalue weighted by atomic mass is 9.97. The van der Waals surface area contributed by atoms with Crippen LogP contribution >= 0.6 is 0 Å². The van der Waals surface area contributed by atoms with Crippen molar-refractivity contribution in [3.05, 3.63) is 68.6 Å². The molecule has 2 N–H and O–H groups in total. The number of aromatic nitrogens is 1. The van der Waals surface area contributed by atoms with Crippen LogP contribution in [0, 0.1) is 12.8 Å². The molecule has 174 valence electrons. The summed E-state index contributed by atoms with van der Waals surface area (Å²) in [6.07, 6.45) is 6.15. The molecular formula is C26H32N4O3. The number of carbonyl (C=O) groups is 2. The molecule has 1 atom stereocenters. The molecule has 1 aromatic carbocycles. The first kappa shape index (κ1) is 23.0. The number of rotatable bonds is 7. The Kier molecular flexibility index (Phi) is 7.06. The van der Waals surface area contributed by atoms with Crippen molar-refractivity contribution in [3.63, 3.8) is 0 Å². The zero-order valence-electron chi connectivity index (χ0n) is 19.4. The molecule has 0 radical (unpaired) electrons. The molecule has 4 rings (SSSR count). The summed E-state index contributed by atoms with van der Waals surface area (Å²) < 4.78 is 0. The predicted molar refractivity (Wildman–Crippen MR) is 128 cm³/mol. The van der Waals surface area contributed by atoms with Crippen LogP contribution in [0.25, 0.3) is 0 Å². The van der Waals surface area contributed by atoms with E-state index in [0.717, 1.165) is 60.2 Å². The number of benzene rings is 1. The third-order valence-electron chi connectivity index (χ3n) is 6.70. The van der Waals surface area contributed by atoms with Gasteiger partial charge in [-0.1, -0.05) is 37.6 Å². The number of nitrogens with one attached hydrogen (secondary N) is 2. The van der Waals surface area contributed by atoms with Gasteiger partial charge in [-0.3, -0.25) is 14.4 Å². The lowest BCUT2D eigenvalue weighted by Gasteiger charge is -2.16. The molecule has 1 aromatic heterocycles. The Morgan fingerprint density at radius 3 is 2.76 bits per heavy atom. The van der Waals surface area contributed by atoms with Crippen LogP contribution in [0.15, 0.2) is 40.2 Å². The molecule has 0 saturated carbocycles. The van der Waals surface area contributed by atoms with Crippen molar-refractivity contribution < 1.29 is 9.59 Å². The fourth-order valence-electron chi connectivity index (χ4n) is 4.71. The van der Waals surface area contributed by atoms with Gasteiger partial charge in [-0.15, -0.1) is 0 Å². The third kappa shape index (κ3) is 5.07. The summed E-state index contributed by atoms with van der Waals surface area (Å²) >= 11 is 0. The molecule has 2 heterocycles. The van der Waals surface area contributed by atoms with Crippen LogP contribution in [0.2, 0.25) is 0 Å². The summed E-state index contributed by atoms with van der Waals surface area (Å²) in [5.74, 6) is -0.766. The maximum absolute atomic E-state index is 13.0. The van der Waals surface area contributed by atoms with Gasteiger partial charge in [0.25, 0.3) is 17.4 Å². The Morgan fingerprint density at radius 2 is 1.97 bits per heavy atom. The average Bonchev–Trinajstić information content (AvgIpc) is 2.95. The zero-order chi connectivity index (χ0) is 23.4. The van der Waals surface area contributed by atoms with E-state index in [-0.39, 0.29) is 28.9 Å². The highest BCUT2D eigenvalue weighted by atomic mass is 16.2. The monoisotopic (exact) mass is 448 g/mol. The van der Waals surface area contributed by atoms with Crippen molar-refractivity contribution in [2.75, 3.05) is 6.54 Å². The summed E-state index contributed by atoms with van der Waals surface area (Å²) in [4.78, 5) is 41.1. The molecule has 0 saturated heterocycles. The maximum atomic E-state index is 13.0. The second-order valence-electron chi connectivity index (χ2n) is 8.94. The fourth-order valence-corrected chi connectivity index (χ4v) is 4.71. The summed E-state index contributed by atoms with van der Waals surface area (Å²) in [5.41, 5.74) is 4.87. The van der Waals surface area contributed by atoms with E-state index < -0.39 is 0 Å². The van der Waals surface area contributed by atoms with Gasteiger partial charge in [0.2, 0.25) is 0 Å². The molecule has 1 aliphatic heterocycles. The van der Waals surface area contributed by atoms with Gasteiger partial charge in [0.05, 0.1) is 18.2 Å². The van der Waals surface area contributed by atoms with Crippen LogP contribution in [0.5, 0.6) is 0 Å². The van der Waals surface area contributed by atoms with E-state index in [1.165, 1.54) is 0 Å². The molecule has 33 heavy (non-hydrogen) atoms. The van der Waals surface area contributed by atoms with E-state index in [1.54, 1.807) is 11.1 Å². The minimum Gasteiger partial charge on any atom is -0.352 e. The van der Waals surface area contributed by atoms with E-state index >= 15 is 0 Å². The van der Waals surface area contributed by atoms with Crippen molar-refractivity contribution in [1.29, 1.82) is 0 Å². The third-order valence-corrected chi connectivity index (χ3v) is 6.70. The van der Waals surface area contributed by atoms with Crippen LogP contribution in [0.4, 0.5) is 0 Å². The first-order valence-electron chi connectivity index (χ1n) is 11.9. The second kappa shape index (κ2) is 10.1. The Balaban J connectivity index is 1.38. The van der Waals surface area contributed by atoms with E-state index in [4.69, 9.17) is 0 Å². The molecule has 2 aromatic rings. The highest BCUT2D eigenvalue weighted by Gasteiger charge is 2.34. The number of amides is 2. The van der Waals surface area contributed by atoms with Crippen molar-refractivity contribution in [1.82, 2.24) is 15.3 Å². The molecule has 0 fully saturated rings. The van der Waals surface area contributed by atoms with Crippen molar-refractivity contribution in [2.45, 2.75) is 65.3 Å². The lowest BCUT2D eigenvalue weighted by Crippen LogP contribution is -2.34. The highest BCUT2D eigenvalue weighted by Crippen LogP contribution is 2.24. The molecule has 1 unspecified atom stereocenters. The number of carbonyl (C=O) groups excluding carboxylic acids is 2. The standard InChI is InChI=1S/C26H32N4O3/c1-3-22-20(26(33)30(29-22)16-19-11-8-7-9-17(19)2)13-14-27-24(31)21-15-18-10-5-4-6-12-23(18)28-25(21)32/h7-9,11,15,20H,3-6,10,12-14,16H2,1-2H3,(H,27,31)(H,28,32). The number of nitrogens with zero attached hydrogens (tertiary/aromatic N) is 2. The van der Waals surface area contributed by atoms with Gasteiger partial charge in [-0.25, -0.2) is 5.01 Å². The van der Waals surface area contributed by atoms with E-state index in [1.807, 2.05) is 38.1 Å². The SMILES string of the molecule is CCC1=NN(Cc2ccccc2C)C(=O)C1CCNC(=O)c1cc2c([nH]c1=O)CCCCC2. The minimum atomic E-state index is -0.388. The van der Waals surface area contributed by atoms with Crippen LogP contribution < -0.4 is 10.9 Å². The molecule has 1 aliphatic carbocycles. The number of aromatic amines is 1. The number of pyridine rings is 1. The quantitative estimate of drug-likeness (QED) is 0.635. The van der Waals surface area contributed by atoms with Crippen molar-refractivity contribution in [3.8, 4) is 0 Å². The number of H-pyrrole nitrogens is 1. The Morgan fingerprint density at radius 1 is 1.18 bits per heavy atom. The molecule has 2 amide bonds. The first-order chi connectivity index (χ1) is 16.0. The Hall–Kier alpha value is -3.22. The molecule has 2 aliphatic rings. The van der Waals surface area contributed by atoms with Gasteiger partial charge in [0, 0.05) is 12.2 Å². The largest absolute Gasteiger partial charge is 0.352 e. The van der Waals surface area contributed by atoms with Gasteiger partial charge < -0.3 is 10.3 Å². The summed E-state index contributed by atoms with van der Waals surface area (Å²) in [6.45, 7) is 4.77.